The third-order valence-electron chi connectivity index (χ3n) is 3.76. The summed E-state index contributed by atoms with van der Waals surface area (Å²) >= 11 is 0. The molecule has 0 aliphatic heterocycles. The number of hydrogen-bond acceptors (Lipinski definition) is 2. The Morgan fingerprint density at radius 1 is 0.727 bits per heavy atom. The smallest absolute Gasteiger partial charge is 0.423 e. The van der Waals surface area contributed by atoms with E-state index in [1.807, 2.05) is 42.5 Å². The quantitative estimate of drug-likeness (QED) is 0.853. The summed E-state index contributed by atoms with van der Waals surface area (Å²) in [6.45, 7) is 0. The van der Waals surface area contributed by atoms with Crippen molar-refractivity contribution in [1.29, 1.82) is 0 Å². The highest BCUT2D eigenvalue weighted by Gasteiger charge is 2.12. The molecule has 0 fully saturated rings. The first-order valence-electron chi connectivity index (χ1n) is 7.32. The van der Waals surface area contributed by atoms with Crippen LogP contribution in [0.1, 0.15) is 11.5 Å². The van der Waals surface area contributed by atoms with Crippen molar-refractivity contribution >= 4 is 12.6 Å². The minimum Gasteiger partial charge on any atom is -0.423 e. The Morgan fingerprint density at radius 2 is 1.36 bits per heavy atom. The van der Waals surface area contributed by atoms with Gasteiger partial charge in [-0.15, -0.1) is 0 Å². The lowest BCUT2D eigenvalue weighted by atomic mass is 9.79. The van der Waals surface area contributed by atoms with Crippen LogP contribution < -0.4 is 5.46 Å². The van der Waals surface area contributed by atoms with Crippen LogP contribution in [0.15, 0.2) is 85.0 Å². The predicted octanol–water partition coefficient (Wildman–Crippen LogP) is 2.80. The van der Waals surface area contributed by atoms with Crippen LogP contribution in [0.3, 0.4) is 0 Å². The van der Waals surface area contributed by atoms with Crippen molar-refractivity contribution in [2.45, 2.75) is 5.92 Å². The lowest BCUT2D eigenvalue weighted by Crippen LogP contribution is -2.29. The zero-order valence-corrected chi connectivity index (χ0v) is 12.1. The molecule has 1 aliphatic carbocycles. The van der Waals surface area contributed by atoms with Crippen molar-refractivity contribution in [3.05, 3.63) is 90.6 Å². The van der Waals surface area contributed by atoms with Crippen LogP contribution in [-0.4, -0.2) is 17.2 Å². The number of benzene rings is 2. The summed E-state index contributed by atoms with van der Waals surface area (Å²) in [4.78, 5) is 0. The summed E-state index contributed by atoms with van der Waals surface area (Å²) in [6, 6.07) is 15.7. The third-order valence-corrected chi connectivity index (χ3v) is 3.76. The van der Waals surface area contributed by atoms with Gasteiger partial charge >= 0.3 is 7.12 Å². The molecule has 0 saturated carbocycles. The number of hydrogen-bond donors (Lipinski definition) is 2. The van der Waals surface area contributed by atoms with Gasteiger partial charge in [0.1, 0.15) is 0 Å². The summed E-state index contributed by atoms with van der Waals surface area (Å²) < 4.78 is 0. The fourth-order valence-corrected chi connectivity index (χ4v) is 2.59. The van der Waals surface area contributed by atoms with Crippen LogP contribution in [-0.2, 0) is 0 Å². The van der Waals surface area contributed by atoms with E-state index >= 15 is 0 Å². The van der Waals surface area contributed by atoms with Crippen LogP contribution >= 0.6 is 0 Å². The Balaban J connectivity index is 1.96. The normalized spacial score (nSPS) is 14.1. The molecular weight excluding hydrogens is 271 g/mol. The molecule has 0 amide bonds. The van der Waals surface area contributed by atoms with Crippen molar-refractivity contribution in [1.82, 2.24) is 0 Å². The van der Waals surface area contributed by atoms with Crippen LogP contribution in [0, 0.1) is 0 Å². The highest BCUT2D eigenvalue weighted by molar-refractivity contribution is 6.58. The van der Waals surface area contributed by atoms with E-state index in [1.165, 1.54) is 5.56 Å². The molecule has 108 valence electrons. The average Bonchev–Trinajstić information content (AvgIpc) is 2.84. The van der Waals surface area contributed by atoms with Crippen LogP contribution in [0.2, 0.25) is 0 Å². The molecule has 0 bridgehead atoms. The van der Waals surface area contributed by atoms with Gasteiger partial charge in [-0.2, -0.15) is 0 Å². The monoisotopic (exact) mass is 288 g/mol. The fourth-order valence-electron chi connectivity index (χ4n) is 2.59. The van der Waals surface area contributed by atoms with Gasteiger partial charge in [-0.05, 0) is 22.2 Å². The van der Waals surface area contributed by atoms with Crippen molar-refractivity contribution in [2.75, 3.05) is 0 Å². The molecule has 0 radical (unpaired) electrons. The Labute approximate surface area is 130 Å². The summed E-state index contributed by atoms with van der Waals surface area (Å²) in [5.74, 6) is 0.251. The first-order valence-corrected chi connectivity index (χ1v) is 7.32. The highest BCUT2D eigenvalue weighted by Crippen LogP contribution is 2.26. The molecule has 0 atom stereocenters. The molecule has 0 unspecified atom stereocenters. The van der Waals surface area contributed by atoms with Gasteiger partial charge in [0, 0.05) is 5.92 Å². The molecule has 2 aromatic rings. The van der Waals surface area contributed by atoms with Gasteiger partial charge in [-0.1, -0.05) is 85.0 Å². The zero-order valence-electron chi connectivity index (χ0n) is 12.1. The molecule has 3 heteroatoms. The maximum atomic E-state index is 9.32. The summed E-state index contributed by atoms with van der Waals surface area (Å²) in [7, 11) is -1.44. The zero-order chi connectivity index (χ0) is 15.4. The molecular formula is C19H17BO2. The fraction of sp³-hybridized carbons (Fsp3) is 0.0526. The average molecular weight is 288 g/mol. The Kier molecular flexibility index (Phi) is 4.38. The van der Waals surface area contributed by atoms with Crippen LogP contribution in [0.25, 0.3) is 11.1 Å². The second-order valence-corrected chi connectivity index (χ2v) is 5.31. The van der Waals surface area contributed by atoms with Crippen molar-refractivity contribution < 1.29 is 10.0 Å². The van der Waals surface area contributed by atoms with Gasteiger partial charge in [-0.25, -0.2) is 0 Å². The molecule has 0 heterocycles. The van der Waals surface area contributed by atoms with E-state index in [9.17, 15) is 10.0 Å². The lowest BCUT2D eigenvalue weighted by molar-refractivity contribution is 0.426. The minimum absolute atomic E-state index is 0.251. The molecule has 3 rings (SSSR count). The second-order valence-electron chi connectivity index (χ2n) is 5.31. The molecule has 0 spiro atoms. The Morgan fingerprint density at radius 3 is 2.05 bits per heavy atom. The van der Waals surface area contributed by atoms with Gasteiger partial charge in [0.15, 0.2) is 0 Å². The van der Waals surface area contributed by atoms with Gasteiger partial charge in [-0.3, -0.25) is 0 Å². The third kappa shape index (κ3) is 3.27. The summed E-state index contributed by atoms with van der Waals surface area (Å²) in [5.41, 5.74) is 3.76. The number of allylic oxidation sites excluding steroid dienone is 6. The van der Waals surface area contributed by atoms with E-state index in [1.54, 1.807) is 6.07 Å². The van der Waals surface area contributed by atoms with E-state index < -0.39 is 7.12 Å². The largest absolute Gasteiger partial charge is 0.488 e. The van der Waals surface area contributed by atoms with Crippen molar-refractivity contribution in [2.24, 2.45) is 0 Å². The highest BCUT2D eigenvalue weighted by atomic mass is 16.4. The molecule has 22 heavy (non-hydrogen) atoms. The molecule has 2 N–H and O–H groups in total. The van der Waals surface area contributed by atoms with Crippen molar-refractivity contribution in [3.63, 3.8) is 0 Å². The van der Waals surface area contributed by atoms with Gasteiger partial charge < -0.3 is 10.0 Å². The molecule has 2 nitrogen and oxygen atoms in total. The maximum absolute atomic E-state index is 9.32. The van der Waals surface area contributed by atoms with Crippen LogP contribution in [0.5, 0.6) is 0 Å². The summed E-state index contributed by atoms with van der Waals surface area (Å²) in [5, 5.41) is 18.6. The number of rotatable bonds is 3. The molecule has 0 saturated heterocycles. The predicted molar refractivity (Wildman–Crippen MR) is 91.9 cm³/mol. The lowest BCUT2D eigenvalue weighted by Gasteiger charge is -2.11. The van der Waals surface area contributed by atoms with Gasteiger partial charge in [0.25, 0.3) is 0 Å². The Hall–Kier alpha value is -2.36. The van der Waals surface area contributed by atoms with E-state index in [-0.39, 0.29) is 5.92 Å². The second kappa shape index (κ2) is 6.61. The molecule has 2 aromatic carbocycles. The minimum atomic E-state index is -1.44. The SMILES string of the molecule is OB(O)c1cccc(-c2cccc(C3C=CC=CC=C3)c2)c1. The van der Waals surface area contributed by atoms with E-state index in [2.05, 4.69) is 36.4 Å². The summed E-state index contributed by atoms with van der Waals surface area (Å²) in [6.07, 6.45) is 12.5. The van der Waals surface area contributed by atoms with Crippen molar-refractivity contribution in [3.8, 4) is 11.1 Å². The van der Waals surface area contributed by atoms with E-state index in [0.717, 1.165) is 11.1 Å². The van der Waals surface area contributed by atoms with Crippen LogP contribution in [0.4, 0.5) is 0 Å². The topological polar surface area (TPSA) is 40.5 Å². The van der Waals surface area contributed by atoms with E-state index in [0.29, 0.717) is 5.46 Å². The first kappa shape index (κ1) is 14.6. The van der Waals surface area contributed by atoms with Gasteiger partial charge in [0.2, 0.25) is 0 Å². The first-order chi connectivity index (χ1) is 10.7. The van der Waals surface area contributed by atoms with E-state index in [4.69, 9.17) is 0 Å². The molecule has 1 aliphatic rings. The van der Waals surface area contributed by atoms with Gasteiger partial charge in [0.05, 0.1) is 0 Å². The Bertz CT molecular complexity index is 729. The molecule has 0 aromatic heterocycles. The maximum Gasteiger partial charge on any atom is 0.488 e. The standard InChI is InChI=1S/C19H17BO2/c21-20(22)19-12-6-11-18(14-19)17-10-5-9-16(13-17)15-7-3-1-2-4-8-15/h1-15,21-22H.